The molecule has 0 bridgehead atoms. The minimum Gasteiger partial charge on any atom is -0.444 e. The molecule has 102 valence electrons. The molecule has 0 radical (unpaired) electrons. The first-order valence-electron chi connectivity index (χ1n) is 5.98. The largest absolute Gasteiger partial charge is 0.444 e. The Morgan fingerprint density at radius 2 is 1.59 bits per heavy atom. The molecule has 0 fully saturated rings. The molecule has 1 amide bonds. The lowest BCUT2D eigenvalue weighted by atomic mass is 10.2. The van der Waals surface area contributed by atoms with Gasteiger partial charge in [0.25, 0.3) is 0 Å². The van der Waals surface area contributed by atoms with E-state index in [1.807, 2.05) is 41.5 Å². The van der Waals surface area contributed by atoms with Crippen LogP contribution < -0.4 is 10.8 Å². The van der Waals surface area contributed by atoms with Gasteiger partial charge in [-0.3, -0.25) is 4.84 Å². The number of ether oxygens (including phenoxy) is 1. The van der Waals surface area contributed by atoms with E-state index in [0.717, 1.165) is 6.42 Å². The molecule has 0 aliphatic rings. The molecule has 0 aromatic rings. The van der Waals surface area contributed by atoms with Gasteiger partial charge in [0.2, 0.25) is 0 Å². The highest BCUT2D eigenvalue weighted by Crippen LogP contribution is 2.06. The number of hydroxylamine groups is 1. The molecule has 0 aromatic carbocycles. The minimum absolute atomic E-state index is 0.196. The van der Waals surface area contributed by atoms with Crippen molar-refractivity contribution in [2.75, 3.05) is 13.1 Å². The SMILES string of the molecule is CC(C)(C)ONCCCNC(=O)OC(C)(C)C. The van der Waals surface area contributed by atoms with Crippen LogP contribution >= 0.6 is 0 Å². The second-order valence-corrected chi connectivity index (χ2v) is 5.89. The smallest absolute Gasteiger partial charge is 0.407 e. The Hall–Kier alpha value is -0.810. The third kappa shape index (κ3) is 13.1. The summed E-state index contributed by atoms with van der Waals surface area (Å²) in [6.45, 7) is 12.7. The van der Waals surface area contributed by atoms with Gasteiger partial charge in [0.1, 0.15) is 5.60 Å². The summed E-state index contributed by atoms with van der Waals surface area (Å²) in [6.07, 6.45) is 0.407. The molecule has 0 saturated carbocycles. The lowest BCUT2D eigenvalue weighted by molar-refractivity contribution is -0.0724. The first-order valence-corrected chi connectivity index (χ1v) is 5.98. The number of amides is 1. The summed E-state index contributed by atoms with van der Waals surface area (Å²) in [5.41, 5.74) is 2.21. The molecular formula is C12H26N2O3. The number of carbonyl (C=O) groups excluding carboxylic acids is 1. The summed E-state index contributed by atoms with van der Waals surface area (Å²) in [5, 5.41) is 2.68. The van der Waals surface area contributed by atoms with E-state index in [0.29, 0.717) is 13.1 Å². The molecule has 2 N–H and O–H groups in total. The maximum atomic E-state index is 11.3. The predicted molar refractivity (Wildman–Crippen MR) is 67.7 cm³/mol. The van der Waals surface area contributed by atoms with Crippen LogP contribution in [-0.4, -0.2) is 30.4 Å². The zero-order valence-corrected chi connectivity index (χ0v) is 11.8. The number of hydrogen-bond donors (Lipinski definition) is 2. The van der Waals surface area contributed by atoms with Crippen LogP contribution in [0.1, 0.15) is 48.0 Å². The summed E-state index contributed by atoms with van der Waals surface area (Å²) in [4.78, 5) is 16.6. The molecule has 17 heavy (non-hydrogen) atoms. The van der Waals surface area contributed by atoms with E-state index in [9.17, 15) is 4.79 Å². The maximum Gasteiger partial charge on any atom is 0.407 e. The van der Waals surface area contributed by atoms with Crippen molar-refractivity contribution in [3.8, 4) is 0 Å². The Bertz CT molecular complexity index is 229. The summed E-state index contributed by atoms with van der Waals surface area (Å²) >= 11 is 0. The third-order valence-electron chi connectivity index (χ3n) is 1.50. The number of nitrogens with one attached hydrogen (secondary N) is 2. The number of rotatable bonds is 5. The Morgan fingerprint density at radius 3 is 2.06 bits per heavy atom. The van der Waals surface area contributed by atoms with Gasteiger partial charge in [-0.25, -0.2) is 10.3 Å². The van der Waals surface area contributed by atoms with Crippen molar-refractivity contribution in [2.45, 2.75) is 59.2 Å². The van der Waals surface area contributed by atoms with Crippen LogP contribution in [0.5, 0.6) is 0 Å². The van der Waals surface area contributed by atoms with Gasteiger partial charge in [0.15, 0.2) is 0 Å². The molecule has 5 nitrogen and oxygen atoms in total. The Kier molecular flexibility index (Phi) is 6.49. The monoisotopic (exact) mass is 246 g/mol. The van der Waals surface area contributed by atoms with E-state index in [2.05, 4.69) is 10.8 Å². The first kappa shape index (κ1) is 16.2. The normalized spacial score (nSPS) is 12.4. The van der Waals surface area contributed by atoms with Gasteiger partial charge in [0, 0.05) is 13.1 Å². The van der Waals surface area contributed by atoms with Gasteiger partial charge >= 0.3 is 6.09 Å². The van der Waals surface area contributed by atoms with Crippen molar-refractivity contribution >= 4 is 6.09 Å². The topological polar surface area (TPSA) is 59.6 Å². The van der Waals surface area contributed by atoms with Gasteiger partial charge in [-0.1, -0.05) is 0 Å². The van der Waals surface area contributed by atoms with Crippen molar-refractivity contribution in [3.63, 3.8) is 0 Å². The molecule has 0 aliphatic carbocycles. The molecule has 0 rings (SSSR count). The maximum absolute atomic E-state index is 11.3. The van der Waals surface area contributed by atoms with E-state index < -0.39 is 5.60 Å². The Balaban J connectivity index is 3.44. The highest BCUT2D eigenvalue weighted by molar-refractivity contribution is 5.67. The Labute approximate surface area is 104 Å². The summed E-state index contributed by atoms with van der Waals surface area (Å²) < 4.78 is 5.10. The fourth-order valence-corrected chi connectivity index (χ4v) is 0.933. The molecule has 0 spiro atoms. The van der Waals surface area contributed by atoms with Crippen molar-refractivity contribution in [2.24, 2.45) is 0 Å². The predicted octanol–water partition coefficient (Wildman–Crippen LogP) is 2.22. The molecule has 0 aromatic heterocycles. The van der Waals surface area contributed by atoms with Crippen molar-refractivity contribution < 1.29 is 14.4 Å². The second kappa shape index (κ2) is 6.81. The van der Waals surface area contributed by atoms with Gasteiger partial charge in [-0.2, -0.15) is 0 Å². The third-order valence-corrected chi connectivity index (χ3v) is 1.50. The number of hydrogen-bond acceptors (Lipinski definition) is 4. The first-order chi connectivity index (χ1) is 7.60. The fraction of sp³-hybridized carbons (Fsp3) is 0.917. The molecule has 0 unspecified atom stereocenters. The lowest BCUT2D eigenvalue weighted by Gasteiger charge is -2.20. The van der Waals surface area contributed by atoms with Crippen molar-refractivity contribution in [1.29, 1.82) is 0 Å². The van der Waals surface area contributed by atoms with E-state index in [-0.39, 0.29) is 11.7 Å². The highest BCUT2D eigenvalue weighted by Gasteiger charge is 2.15. The molecule has 0 heterocycles. The van der Waals surface area contributed by atoms with Gasteiger partial charge < -0.3 is 10.1 Å². The van der Waals surface area contributed by atoms with Crippen molar-refractivity contribution in [1.82, 2.24) is 10.8 Å². The van der Waals surface area contributed by atoms with E-state index >= 15 is 0 Å². The van der Waals surface area contributed by atoms with Gasteiger partial charge in [-0.05, 0) is 48.0 Å². The van der Waals surface area contributed by atoms with Crippen LogP contribution in [0.15, 0.2) is 0 Å². The van der Waals surface area contributed by atoms with Gasteiger partial charge in [0.05, 0.1) is 5.60 Å². The lowest BCUT2D eigenvalue weighted by Crippen LogP contribution is -2.35. The van der Waals surface area contributed by atoms with Crippen molar-refractivity contribution in [3.05, 3.63) is 0 Å². The zero-order chi connectivity index (χ0) is 13.5. The van der Waals surface area contributed by atoms with E-state index in [1.54, 1.807) is 0 Å². The van der Waals surface area contributed by atoms with Crippen LogP contribution in [0.2, 0.25) is 0 Å². The molecular weight excluding hydrogens is 220 g/mol. The van der Waals surface area contributed by atoms with Crippen LogP contribution in [0.25, 0.3) is 0 Å². The number of carbonyl (C=O) groups is 1. The van der Waals surface area contributed by atoms with Crippen LogP contribution in [0.3, 0.4) is 0 Å². The van der Waals surface area contributed by atoms with Crippen LogP contribution in [-0.2, 0) is 9.57 Å². The standard InChI is InChI=1S/C12H26N2O3/c1-11(2,3)16-10(15)13-8-7-9-14-17-12(4,5)6/h14H,7-9H2,1-6H3,(H,13,15). The summed E-state index contributed by atoms with van der Waals surface area (Å²) in [5.74, 6) is 0. The van der Waals surface area contributed by atoms with E-state index in [4.69, 9.17) is 9.57 Å². The Morgan fingerprint density at radius 1 is 1.00 bits per heavy atom. The van der Waals surface area contributed by atoms with Gasteiger partial charge in [-0.15, -0.1) is 0 Å². The summed E-state index contributed by atoms with van der Waals surface area (Å²) in [6, 6.07) is 0. The van der Waals surface area contributed by atoms with Crippen LogP contribution in [0, 0.1) is 0 Å². The highest BCUT2D eigenvalue weighted by atomic mass is 16.7. The molecule has 0 saturated heterocycles. The average Bonchev–Trinajstić information content (AvgIpc) is 2.06. The fourth-order valence-electron chi connectivity index (χ4n) is 0.933. The quantitative estimate of drug-likeness (QED) is 0.577. The zero-order valence-electron chi connectivity index (χ0n) is 11.8. The molecule has 0 aliphatic heterocycles. The molecule has 0 atom stereocenters. The van der Waals surface area contributed by atoms with Crippen LogP contribution in [0.4, 0.5) is 4.79 Å². The molecule has 5 heteroatoms. The average molecular weight is 246 g/mol. The second-order valence-electron chi connectivity index (χ2n) is 5.89. The van der Waals surface area contributed by atoms with E-state index in [1.165, 1.54) is 0 Å². The number of alkyl carbamates (subject to hydrolysis) is 1. The minimum atomic E-state index is -0.447. The summed E-state index contributed by atoms with van der Waals surface area (Å²) in [7, 11) is 0.